The van der Waals surface area contributed by atoms with Crippen LogP contribution in [0.1, 0.15) is 54.9 Å². The molecule has 2 aromatic rings. The molecule has 2 aromatic carbocycles. The number of benzene rings is 2. The van der Waals surface area contributed by atoms with E-state index in [-0.39, 0.29) is 17.1 Å². The fourth-order valence-electron chi connectivity index (χ4n) is 4.93. The smallest absolute Gasteiger partial charge is 0.261 e. The zero-order valence-corrected chi connectivity index (χ0v) is 23.8. The molecule has 0 saturated heterocycles. The van der Waals surface area contributed by atoms with E-state index in [0.29, 0.717) is 6.61 Å². The summed E-state index contributed by atoms with van der Waals surface area (Å²) >= 11 is 0. The average Bonchev–Trinajstić information content (AvgIpc) is 2.84. The molecule has 0 amide bonds. The summed E-state index contributed by atoms with van der Waals surface area (Å²) in [6, 6.07) is 24.7. The van der Waals surface area contributed by atoms with E-state index in [9.17, 15) is 4.79 Å². The number of carbonyl (C=O) groups excluding carboxylic acids is 1. The summed E-state index contributed by atoms with van der Waals surface area (Å²) in [4.78, 5) is 11.8. The zero-order valence-electron chi connectivity index (χ0n) is 21.8. The molecule has 33 heavy (non-hydrogen) atoms. The summed E-state index contributed by atoms with van der Waals surface area (Å²) in [5, 5.41) is 2.50. The van der Waals surface area contributed by atoms with E-state index in [4.69, 9.17) is 8.85 Å². The minimum absolute atomic E-state index is 0.0584. The number of hydrogen-bond donors (Lipinski definition) is 0. The van der Waals surface area contributed by atoms with E-state index in [1.807, 2.05) is 6.92 Å². The molecule has 0 aliphatic carbocycles. The van der Waals surface area contributed by atoms with E-state index < -0.39 is 16.6 Å². The lowest BCUT2D eigenvalue weighted by Gasteiger charge is -2.43. The fraction of sp³-hybridized carbons (Fsp3) is 0.536. The molecule has 0 aromatic heterocycles. The SMILES string of the molecule is CC[Si](CC)(CC)O[C@H](CCO[Si](c1ccccc1)(c1ccccc1)C(C)(C)C)[C@H](C)C=O. The second-order valence-corrected chi connectivity index (χ2v) is 19.2. The van der Waals surface area contributed by atoms with Crippen molar-refractivity contribution in [3.63, 3.8) is 0 Å². The van der Waals surface area contributed by atoms with Gasteiger partial charge in [-0.25, -0.2) is 0 Å². The monoisotopic (exact) mass is 484 g/mol. The van der Waals surface area contributed by atoms with Crippen LogP contribution in [0, 0.1) is 5.92 Å². The van der Waals surface area contributed by atoms with Crippen LogP contribution in [-0.2, 0) is 13.6 Å². The Kier molecular flexibility index (Phi) is 10.3. The molecule has 0 spiro atoms. The highest BCUT2D eigenvalue weighted by Crippen LogP contribution is 2.37. The molecule has 2 rings (SSSR count). The fourth-order valence-corrected chi connectivity index (χ4v) is 12.5. The van der Waals surface area contributed by atoms with Crippen LogP contribution in [0.5, 0.6) is 0 Å². The molecule has 3 nitrogen and oxygen atoms in total. The Hall–Kier alpha value is -1.54. The van der Waals surface area contributed by atoms with Gasteiger partial charge in [0.15, 0.2) is 8.32 Å². The molecule has 0 fully saturated rings. The van der Waals surface area contributed by atoms with Crippen LogP contribution in [0.3, 0.4) is 0 Å². The number of hydrogen-bond acceptors (Lipinski definition) is 3. The van der Waals surface area contributed by atoms with Crippen LogP contribution >= 0.6 is 0 Å². The van der Waals surface area contributed by atoms with Crippen molar-refractivity contribution in [1.29, 1.82) is 0 Å². The number of aldehydes is 1. The second-order valence-electron chi connectivity index (χ2n) is 10.2. The molecule has 0 aliphatic rings. The lowest BCUT2D eigenvalue weighted by Crippen LogP contribution is -2.66. The van der Waals surface area contributed by atoms with Crippen molar-refractivity contribution in [3.05, 3.63) is 60.7 Å². The zero-order chi connectivity index (χ0) is 24.5. The number of rotatable bonds is 13. The summed E-state index contributed by atoms with van der Waals surface area (Å²) in [6.45, 7) is 16.2. The normalized spacial score (nSPS) is 14.6. The van der Waals surface area contributed by atoms with E-state index in [2.05, 4.69) is 102 Å². The second kappa shape index (κ2) is 12.2. The highest BCUT2D eigenvalue weighted by molar-refractivity contribution is 6.99. The van der Waals surface area contributed by atoms with Gasteiger partial charge in [-0.2, -0.15) is 0 Å². The van der Waals surface area contributed by atoms with Gasteiger partial charge in [-0.1, -0.05) is 109 Å². The summed E-state index contributed by atoms with van der Waals surface area (Å²) in [7, 11) is -4.40. The molecule has 0 heterocycles. The van der Waals surface area contributed by atoms with Gasteiger partial charge in [0.05, 0.1) is 6.10 Å². The minimum Gasteiger partial charge on any atom is -0.413 e. The number of carbonyl (C=O) groups is 1. The van der Waals surface area contributed by atoms with Gasteiger partial charge in [-0.05, 0) is 40.0 Å². The highest BCUT2D eigenvalue weighted by Gasteiger charge is 2.50. The van der Waals surface area contributed by atoms with Crippen molar-refractivity contribution in [2.75, 3.05) is 6.61 Å². The molecule has 2 atom stereocenters. The molecule has 0 aliphatic heterocycles. The van der Waals surface area contributed by atoms with Crippen molar-refractivity contribution in [2.45, 2.75) is 84.2 Å². The van der Waals surface area contributed by atoms with Crippen LogP contribution in [0.2, 0.25) is 23.2 Å². The lowest BCUT2D eigenvalue weighted by atomic mass is 10.0. The third kappa shape index (κ3) is 6.33. The summed E-state index contributed by atoms with van der Waals surface area (Å²) < 4.78 is 13.9. The molecular formula is C28H44O3Si2. The maximum absolute atomic E-state index is 11.8. The van der Waals surface area contributed by atoms with Crippen molar-refractivity contribution in [1.82, 2.24) is 0 Å². The molecule has 0 unspecified atom stereocenters. The van der Waals surface area contributed by atoms with Crippen LogP contribution < -0.4 is 10.4 Å². The topological polar surface area (TPSA) is 35.5 Å². The van der Waals surface area contributed by atoms with Gasteiger partial charge in [0.2, 0.25) is 0 Å². The van der Waals surface area contributed by atoms with Gasteiger partial charge in [0.25, 0.3) is 8.32 Å². The predicted octanol–water partition coefficient (Wildman–Crippen LogP) is 6.18. The average molecular weight is 485 g/mol. The van der Waals surface area contributed by atoms with Crippen molar-refractivity contribution in [3.8, 4) is 0 Å². The molecule has 5 heteroatoms. The molecule has 0 saturated carbocycles. The lowest BCUT2D eigenvalue weighted by molar-refractivity contribution is -0.113. The Morgan fingerprint density at radius 3 is 1.67 bits per heavy atom. The summed E-state index contributed by atoms with van der Waals surface area (Å²) in [6.07, 6.45) is 1.69. The Bertz CT molecular complexity index is 781. The van der Waals surface area contributed by atoms with Crippen molar-refractivity contribution in [2.24, 2.45) is 5.92 Å². The minimum atomic E-state index is -2.58. The van der Waals surface area contributed by atoms with Crippen LogP contribution in [0.25, 0.3) is 0 Å². The van der Waals surface area contributed by atoms with Gasteiger partial charge < -0.3 is 13.6 Å². The van der Waals surface area contributed by atoms with E-state index in [1.165, 1.54) is 10.4 Å². The first-order valence-electron chi connectivity index (χ1n) is 12.6. The van der Waals surface area contributed by atoms with Gasteiger partial charge in [-0.3, -0.25) is 0 Å². The maximum atomic E-state index is 11.8. The maximum Gasteiger partial charge on any atom is 0.261 e. The first-order valence-corrected chi connectivity index (χ1v) is 17.0. The molecule has 0 radical (unpaired) electrons. The third-order valence-corrected chi connectivity index (χ3v) is 17.0. The van der Waals surface area contributed by atoms with Crippen molar-refractivity contribution < 1.29 is 13.6 Å². The van der Waals surface area contributed by atoms with Crippen LogP contribution in [0.15, 0.2) is 60.7 Å². The molecule has 182 valence electrons. The Balaban J connectivity index is 2.40. The van der Waals surface area contributed by atoms with Crippen LogP contribution in [-0.4, -0.2) is 35.6 Å². The van der Waals surface area contributed by atoms with Gasteiger partial charge in [-0.15, -0.1) is 0 Å². The van der Waals surface area contributed by atoms with Crippen molar-refractivity contribution >= 4 is 33.3 Å². The third-order valence-electron chi connectivity index (χ3n) is 7.27. The van der Waals surface area contributed by atoms with E-state index in [0.717, 1.165) is 30.8 Å². The first-order chi connectivity index (χ1) is 15.7. The standard InChI is InChI=1S/C28H44O3Si2/c1-8-32(9-2,10-3)31-27(24(4)23-29)21-22-30-33(28(5,6)7,25-17-13-11-14-18-25)26-19-15-12-16-20-26/h11-20,23-24,27H,8-10,21-22H2,1-7H3/t24-,27-/m1/s1. The van der Waals surface area contributed by atoms with Gasteiger partial charge in [0.1, 0.15) is 6.29 Å². The largest absolute Gasteiger partial charge is 0.413 e. The van der Waals surface area contributed by atoms with Crippen LogP contribution in [0.4, 0.5) is 0 Å². The van der Waals surface area contributed by atoms with Gasteiger partial charge >= 0.3 is 0 Å². The first kappa shape index (κ1) is 27.7. The van der Waals surface area contributed by atoms with E-state index in [1.54, 1.807) is 0 Å². The van der Waals surface area contributed by atoms with Gasteiger partial charge in [0, 0.05) is 12.5 Å². The molecule has 0 N–H and O–H groups in total. The quantitative estimate of drug-likeness (QED) is 0.252. The molecule has 0 bridgehead atoms. The Labute approximate surface area is 204 Å². The predicted molar refractivity (Wildman–Crippen MR) is 145 cm³/mol. The van der Waals surface area contributed by atoms with E-state index >= 15 is 0 Å². The molecular weight excluding hydrogens is 440 g/mol. The summed E-state index contributed by atoms with van der Waals surface area (Å²) in [5.41, 5.74) is 0. The highest BCUT2D eigenvalue weighted by atomic mass is 28.4. The summed E-state index contributed by atoms with van der Waals surface area (Å²) in [5.74, 6) is -0.135. The Morgan fingerprint density at radius 1 is 0.848 bits per heavy atom. The Morgan fingerprint density at radius 2 is 1.30 bits per heavy atom.